The molecular weight excluding hydrogens is 130 g/mol. The lowest BCUT2D eigenvalue weighted by Gasteiger charge is -2.05. The average molecular weight is 145 g/mol. The van der Waals surface area contributed by atoms with Crippen molar-refractivity contribution in [3.05, 3.63) is 0 Å². The highest BCUT2D eigenvalue weighted by Crippen LogP contribution is 2.00. The van der Waals surface area contributed by atoms with Gasteiger partial charge >= 0.3 is 6.09 Å². The van der Waals surface area contributed by atoms with Gasteiger partial charge in [-0.2, -0.15) is 0 Å². The number of cyclic esters (lactones) is 1. The van der Waals surface area contributed by atoms with Gasteiger partial charge in [-0.1, -0.05) is 13.8 Å². The Kier molecular flexibility index (Phi) is 4.72. The molecule has 3 nitrogen and oxygen atoms in total. The van der Waals surface area contributed by atoms with Crippen molar-refractivity contribution in [2.45, 2.75) is 20.8 Å². The minimum Gasteiger partial charge on any atom is -0.448 e. The van der Waals surface area contributed by atoms with E-state index in [1.807, 2.05) is 20.8 Å². The van der Waals surface area contributed by atoms with E-state index in [2.05, 4.69) is 4.74 Å². The molecule has 0 spiro atoms. The van der Waals surface area contributed by atoms with Crippen LogP contribution in [0.2, 0.25) is 0 Å². The molecule has 1 saturated heterocycles. The summed E-state index contributed by atoms with van der Waals surface area (Å²) in [6, 6.07) is 0. The van der Waals surface area contributed by atoms with Crippen molar-refractivity contribution in [3.8, 4) is 0 Å². The molecule has 3 heteroatoms. The van der Waals surface area contributed by atoms with Gasteiger partial charge in [0.2, 0.25) is 0 Å². The van der Waals surface area contributed by atoms with Crippen LogP contribution in [-0.4, -0.2) is 30.7 Å². The lowest BCUT2D eigenvalue weighted by Crippen LogP contribution is -2.23. The van der Waals surface area contributed by atoms with E-state index in [0.29, 0.717) is 6.61 Å². The van der Waals surface area contributed by atoms with E-state index in [9.17, 15) is 4.79 Å². The van der Waals surface area contributed by atoms with Crippen LogP contribution in [0.4, 0.5) is 4.79 Å². The summed E-state index contributed by atoms with van der Waals surface area (Å²) in [5, 5.41) is 0. The molecule has 1 rings (SSSR count). The summed E-state index contributed by atoms with van der Waals surface area (Å²) in [5.74, 6) is 0. The van der Waals surface area contributed by atoms with Gasteiger partial charge in [-0.05, 0) is 6.92 Å². The van der Waals surface area contributed by atoms with Gasteiger partial charge in [0.25, 0.3) is 0 Å². The monoisotopic (exact) mass is 145 g/mol. The zero-order valence-electron chi connectivity index (χ0n) is 6.89. The number of hydrogen-bond acceptors (Lipinski definition) is 2. The molecule has 0 unspecified atom stereocenters. The smallest absolute Gasteiger partial charge is 0.409 e. The third-order valence-electron chi connectivity index (χ3n) is 1.23. The molecule has 0 aromatic rings. The van der Waals surface area contributed by atoms with Gasteiger partial charge in [0, 0.05) is 6.54 Å². The molecule has 0 aliphatic carbocycles. The quantitative estimate of drug-likeness (QED) is 0.559. The second kappa shape index (κ2) is 5.09. The number of amides is 1. The molecule has 0 saturated carbocycles. The Balaban J connectivity index is 0.000000371. The molecule has 0 radical (unpaired) electrons. The van der Waals surface area contributed by atoms with Crippen LogP contribution >= 0.6 is 0 Å². The minimum atomic E-state index is -0.174. The number of nitrogens with zero attached hydrogens (tertiary/aromatic N) is 1. The fraction of sp³-hybridized carbons (Fsp3) is 0.857. The zero-order chi connectivity index (χ0) is 7.98. The van der Waals surface area contributed by atoms with Crippen molar-refractivity contribution in [2.24, 2.45) is 0 Å². The highest BCUT2D eigenvalue weighted by atomic mass is 16.6. The highest BCUT2D eigenvalue weighted by Gasteiger charge is 2.18. The lowest BCUT2D eigenvalue weighted by atomic mass is 10.6. The fourth-order valence-electron chi connectivity index (χ4n) is 0.713. The molecule has 0 atom stereocenters. The van der Waals surface area contributed by atoms with Crippen LogP contribution < -0.4 is 0 Å². The Labute approximate surface area is 62.0 Å². The number of carbonyl (C=O) groups is 1. The number of rotatable bonds is 1. The first-order valence-corrected chi connectivity index (χ1v) is 3.76. The average Bonchev–Trinajstić information content (AvgIpc) is 2.39. The topological polar surface area (TPSA) is 29.5 Å². The van der Waals surface area contributed by atoms with E-state index in [-0.39, 0.29) is 6.09 Å². The summed E-state index contributed by atoms with van der Waals surface area (Å²) < 4.78 is 4.64. The summed E-state index contributed by atoms with van der Waals surface area (Å²) in [6.07, 6.45) is -0.174. The normalized spacial score (nSPS) is 15.9. The molecule has 10 heavy (non-hydrogen) atoms. The van der Waals surface area contributed by atoms with Crippen LogP contribution in [0.3, 0.4) is 0 Å². The molecular formula is C7H15NO2. The maximum atomic E-state index is 10.5. The Bertz CT molecular complexity index is 104. The van der Waals surface area contributed by atoms with E-state index < -0.39 is 0 Å². The molecule has 1 amide bonds. The van der Waals surface area contributed by atoms with E-state index in [1.54, 1.807) is 4.90 Å². The van der Waals surface area contributed by atoms with Crippen LogP contribution in [-0.2, 0) is 4.74 Å². The van der Waals surface area contributed by atoms with Gasteiger partial charge in [-0.15, -0.1) is 0 Å². The van der Waals surface area contributed by atoms with Gasteiger partial charge < -0.3 is 9.64 Å². The first kappa shape index (κ1) is 9.27. The van der Waals surface area contributed by atoms with Gasteiger partial charge in [-0.25, -0.2) is 4.79 Å². The largest absolute Gasteiger partial charge is 0.448 e. The Morgan fingerprint density at radius 3 is 2.40 bits per heavy atom. The fourth-order valence-corrected chi connectivity index (χ4v) is 0.713. The number of carbonyl (C=O) groups excluding carboxylic acids is 1. The van der Waals surface area contributed by atoms with Crippen LogP contribution in [0, 0.1) is 0 Å². The van der Waals surface area contributed by atoms with E-state index in [4.69, 9.17) is 0 Å². The molecule has 1 aliphatic rings. The van der Waals surface area contributed by atoms with E-state index in [0.717, 1.165) is 13.1 Å². The molecule has 1 aliphatic heterocycles. The van der Waals surface area contributed by atoms with Crippen LogP contribution in [0.25, 0.3) is 0 Å². The van der Waals surface area contributed by atoms with Crippen molar-refractivity contribution in [1.82, 2.24) is 4.90 Å². The number of likely N-dealkylation sites (N-methyl/N-ethyl adjacent to an activating group) is 1. The summed E-state index contributed by atoms with van der Waals surface area (Å²) in [6.45, 7) is 8.02. The standard InChI is InChI=1S/C5H9NO2.C2H6/c1-2-6-3-4-8-5(6)7;1-2/h2-4H2,1H3;1-2H3. The molecule has 1 fully saturated rings. The van der Waals surface area contributed by atoms with Crippen molar-refractivity contribution >= 4 is 6.09 Å². The number of ether oxygens (including phenoxy) is 1. The summed E-state index contributed by atoms with van der Waals surface area (Å²) in [5.41, 5.74) is 0. The minimum absolute atomic E-state index is 0.174. The lowest BCUT2D eigenvalue weighted by molar-refractivity contribution is 0.159. The van der Waals surface area contributed by atoms with E-state index >= 15 is 0 Å². The van der Waals surface area contributed by atoms with Crippen molar-refractivity contribution in [1.29, 1.82) is 0 Å². The molecule has 0 aromatic carbocycles. The van der Waals surface area contributed by atoms with Gasteiger partial charge in [0.15, 0.2) is 0 Å². The third-order valence-corrected chi connectivity index (χ3v) is 1.23. The van der Waals surface area contributed by atoms with Crippen molar-refractivity contribution < 1.29 is 9.53 Å². The zero-order valence-corrected chi connectivity index (χ0v) is 6.89. The third kappa shape index (κ3) is 2.25. The van der Waals surface area contributed by atoms with Crippen LogP contribution in [0.15, 0.2) is 0 Å². The summed E-state index contributed by atoms with van der Waals surface area (Å²) >= 11 is 0. The predicted octanol–water partition coefficient (Wildman–Crippen LogP) is 1.48. The second-order valence-electron chi connectivity index (χ2n) is 1.69. The van der Waals surface area contributed by atoms with Gasteiger partial charge in [0.05, 0.1) is 6.54 Å². The molecule has 0 aromatic heterocycles. The molecule has 0 N–H and O–H groups in total. The maximum Gasteiger partial charge on any atom is 0.409 e. The Morgan fingerprint density at radius 1 is 1.60 bits per heavy atom. The van der Waals surface area contributed by atoms with Gasteiger partial charge in [-0.3, -0.25) is 0 Å². The number of hydrogen-bond donors (Lipinski definition) is 0. The van der Waals surface area contributed by atoms with Crippen molar-refractivity contribution in [3.63, 3.8) is 0 Å². The Morgan fingerprint density at radius 2 is 2.20 bits per heavy atom. The first-order valence-electron chi connectivity index (χ1n) is 3.76. The Hall–Kier alpha value is -0.730. The first-order chi connectivity index (χ1) is 4.84. The molecule has 60 valence electrons. The highest BCUT2D eigenvalue weighted by molar-refractivity contribution is 5.69. The SMILES string of the molecule is CC.CCN1CCOC1=O. The van der Waals surface area contributed by atoms with Crippen molar-refractivity contribution in [2.75, 3.05) is 19.7 Å². The predicted molar refractivity (Wildman–Crippen MR) is 39.9 cm³/mol. The van der Waals surface area contributed by atoms with Crippen LogP contribution in [0.1, 0.15) is 20.8 Å². The second-order valence-corrected chi connectivity index (χ2v) is 1.69. The summed E-state index contributed by atoms with van der Waals surface area (Å²) in [7, 11) is 0. The molecule has 1 heterocycles. The summed E-state index contributed by atoms with van der Waals surface area (Å²) in [4.78, 5) is 12.2. The van der Waals surface area contributed by atoms with E-state index in [1.165, 1.54) is 0 Å². The van der Waals surface area contributed by atoms with Gasteiger partial charge in [0.1, 0.15) is 6.61 Å². The maximum absolute atomic E-state index is 10.5. The molecule has 0 bridgehead atoms. The van der Waals surface area contributed by atoms with Crippen LogP contribution in [0.5, 0.6) is 0 Å².